The molecule has 2 heterocycles. The van der Waals surface area contributed by atoms with E-state index in [0.717, 1.165) is 23.8 Å². The van der Waals surface area contributed by atoms with E-state index in [0.29, 0.717) is 17.8 Å². The second-order valence-corrected chi connectivity index (χ2v) is 8.10. The summed E-state index contributed by atoms with van der Waals surface area (Å²) in [4.78, 5) is 41.2. The van der Waals surface area contributed by atoms with Gasteiger partial charge >= 0.3 is 11.7 Å². The van der Waals surface area contributed by atoms with Crippen LogP contribution in [0.4, 0.5) is 0 Å². The highest BCUT2D eigenvalue weighted by atomic mass is 16.5. The third kappa shape index (κ3) is 3.57. The molecule has 0 unspecified atom stereocenters. The molecular weight excluding hydrogens is 348 g/mol. The van der Waals surface area contributed by atoms with Crippen molar-refractivity contribution in [2.24, 2.45) is 31.8 Å². The molecule has 2 aromatic rings. The molecule has 1 saturated carbocycles. The summed E-state index contributed by atoms with van der Waals surface area (Å²) in [5.74, 6) is 0.966. The van der Waals surface area contributed by atoms with E-state index >= 15 is 0 Å². The Morgan fingerprint density at radius 2 is 1.96 bits per heavy atom. The van der Waals surface area contributed by atoms with Gasteiger partial charge in [0.05, 0.1) is 6.33 Å². The minimum absolute atomic E-state index is 0.0942. The molecule has 1 aliphatic carbocycles. The van der Waals surface area contributed by atoms with Crippen molar-refractivity contribution < 1.29 is 9.53 Å². The van der Waals surface area contributed by atoms with Gasteiger partial charge in [0.25, 0.3) is 5.56 Å². The van der Waals surface area contributed by atoms with Gasteiger partial charge in [-0.1, -0.05) is 27.2 Å². The molecule has 0 bridgehead atoms. The summed E-state index contributed by atoms with van der Waals surface area (Å²) in [6.45, 7) is 6.41. The third-order valence-electron chi connectivity index (χ3n) is 5.76. The van der Waals surface area contributed by atoms with Crippen LogP contribution in [0.5, 0.6) is 0 Å². The minimum atomic E-state index is -0.468. The van der Waals surface area contributed by atoms with E-state index in [1.807, 2.05) is 0 Å². The molecule has 0 amide bonds. The zero-order chi connectivity index (χ0) is 19.9. The van der Waals surface area contributed by atoms with E-state index in [4.69, 9.17) is 4.74 Å². The Bertz CT molecular complexity index is 968. The van der Waals surface area contributed by atoms with Gasteiger partial charge in [0.1, 0.15) is 12.6 Å². The molecule has 0 radical (unpaired) electrons. The second kappa shape index (κ2) is 7.32. The van der Waals surface area contributed by atoms with Crippen molar-refractivity contribution in [1.82, 2.24) is 18.7 Å². The molecule has 0 aromatic carbocycles. The maximum absolute atomic E-state index is 12.6. The lowest BCUT2D eigenvalue weighted by molar-refractivity contribution is -0.156. The Labute approximate surface area is 157 Å². The monoisotopic (exact) mass is 376 g/mol. The van der Waals surface area contributed by atoms with Gasteiger partial charge in [0.15, 0.2) is 11.2 Å². The van der Waals surface area contributed by atoms with Crippen LogP contribution in [0.15, 0.2) is 15.9 Å². The molecule has 3 atom stereocenters. The fraction of sp³-hybridized carbons (Fsp3) is 0.684. The normalized spacial score (nSPS) is 23.1. The molecule has 0 aliphatic heterocycles. The van der Waals surface area contributed by atoms with Crippen molar-refractivity contribution >= 4 is 17.1 Å². The highest BCUT2D eigenvalue weighted by Crippen LogP contribution is 2.35. The van der Waals surface area contributed by atoms with Crippen molar-refractivity contribution in [1.29, 1.82) is 0 Å². The van der Waals surface area contributed by atoms with Gasteiger partial charge in [-0.15, -0.1) is 0 Å². The SMILES string of the molecule is CC(C)[C@H]1CC[C@@H](C)C[C@H]1OC(=O)Cn1cnc2c1c(=O)n(C)c(=O)n2C. The molecule has 0 spiro atoms. The van der Waals surface area contributed by atoms with Crippen LogP contribution in [0.3, 0.4) is 0 Å². The van der Waals surface area contributed by atoms with Gasteiger partial charge in [0.2, 0.25) is 0 Å². The Morgan fingerprint density at radius 1 is 1.26 bits per heavy atom. The van der Waals surface area contributed by atoms with E-state index < -0.39 is 11.2 Å². The van der Waals surface area contributed by atoms with Crippen LogP contribution in [0.2, 0.25) is 0 Å². The first-order valence-electron chi connectivity index (χ1n) is 9.51. The summed E-state index contributed by atoms with van der Waals surface area (Å²) in [5, 5.41) is 0. The van der Waals surface area contributed by atoms with E-state index in [1.54, 1.807) is 7.05 Å². The van der Waals surface area contributed by atoms with Crippen molar-refractivity contribution in [3.63, 3.8) is 0 Å². The van der Waals surface area contributed by atoms with Gasteiger partial charge in [-0.25, -0.2) is 9.78 Å². The molecule has 0 N–H and O–H groups in total. The summed E-state index contributed by atoms with van der Waals surface area (Å²) in [6, 6.07) is 0. The lowest BCUT2D eigenvalue weighted by atomic mass is 9.75. The Kier molecular flexibility index (Phi) is 5.26. The number of fused-ring (bicyclic) bond motifs is 1. The van der Waals surface area contributed by atoms with Crippen LogP contribution in [-0.4, -0.2) is 30.8 Å². The number of carbonyl (C=O) groups is 1. The highest BCUT2D eigenvalue weighted by molar-refractivity contribution is 5.75. The minimum Gasteiger partial charge on any atom is -0.461 e. The number of aryl methyl sites for hydroxylation is 1. The molecule has 27 heavy (non-hydrogen) atoms. The summed E-state index contributed by atoms with van der Waals surface area (Å²) in [6.07, 6.45) is 4.41. The number of hydrogen-bond acceptors (Lipinski definition) is 5. The van der Waals surface area contributed by atoms with E-state index in [9.17, 15) is 14.4 Å². The molecule has 8 nitrogen and oxygen atoms in total. The number of imidazole rings is 1. The number of esters is 1. The van der Waals surface area contributed by atoms with Crippen LogP contribution in [0.1, 0.15) is 40.0 Å². The number of nitrogens with zero attached hydrogens (tertiary/aromatic N) is 4. The smallest absolute Gasteiger partial charge is 0.332 e. The van der Waals surface area contributed by atoms with E-state index in [-0.39, 0.29) is 29.8 Å². The van der Waals surface area contributed by atoms with Gasteiger partial charge in [0, 0.05) is 14.1 Å². The van der Waals surface area contributed by atoms with E-state index in [2.05, 4.69) is 25.8 Å². The number of hydrogen-bond donors (Lipinski definition) is 0. The third-order valence-corrected chi connectivity index (χ3v) is 5.76. The molecule has 148 valence electrons. The first-order valence-corrected chi connectivity index (χ1v) is 9.51. The quantitative estimate of drug-likeness (QED) is 0.754. The molecule has 0 saturated heterocycles. The Hall–Kier alpha value is -2.38. The number of rotatable bonds is 4. The van der Waals surface area contributed by atoms with Crippen LogP contribution in [0, 0.1) is 17.8 Å². The second-order valence-electron chi connectivity index (χ2n) is 8.10. The van der Waals surface area contributed by atoms with Gasteiger partial charge < -0.3 is 9.30 Å². The Morgan fingerprint density at radius 3 is 2.63 bits per heavy atom. The van der Waals surface area contributed by atoms with Crippen molar-refractivity contribution in [3.8, 4) is 0 Å². The fourth-order valence-electron chi connectivity index (χ4n) is 4.11. The van der Waals surface area contributed by atoms with Gasteiger partial charge in [-0.3, -0.25) is 18.7 Å². The maximum Gasteiger partial charge on any atom is 0.332 e. The molecule has 3 rings (SSSR count). The topological polar surface area (TPSA) is 88.1 Å². The largest absolute Gasteiger partial charge is 0.461 e. The predicted molar refractivity (Wildman–Crippen MR) is 101 cm³/mol. The van der Waals surface area contributed by atoms with Crippen LogP contribution >= 0.6 is 0 Å². The molecular formula is C19H28N4O4. The zero-order valence-corrected chi connectivity index (χ0v) is 16.6. The summed E-state index contributed by atoms with van der Waals surface area (Å²) >= 11 is 0. The fourth-order valence-corrected chi connectivity index (χ4v) is 4.11. The predicted octanol–water partition coefficient (Wildman–Crippen LogP) is 1.44. The van der Waals surface area contributed by atoms with Crippen molar-refractivity contribution in [2.75, 3.05) is 0 Å². The zero-order valence-electron chi connectivity index (χ0n) is 16.6. The first-order chi connectivity index (χ1) is 12.7. The lowest BCUT2D eigenvalue weighted by Gasteiger charge is -2.36. The molecule has 8 heteroatoms. The van der Waals surface area contributed by atoms with Gasteiger partial charge in [-0.05, 0) is 30.6 Å². The standard InChI is InChI=1S/C19H28N4O4/c1-11(2)13-7-6-12(3)8-14(13)27-15(24)9-23-10-20-17-16(23)18(25)22(5)19(26)21(17)4/h10-14H,6-9H2,1-5H3/t12-,13-,14-/m1/s1. The Balaban J connectivity index is 1.84. The van der Waals surface area contributed by atoms with Gasteiger partial charge in [-0.2, -0.15) is 0 Å². The first kappa shape index (κ1) is 19.4. The number of aromatic nitrogens is 4. The average molecular weight is 376 g/mol. The van der Waals surface area contributed by atoms with Crippen LogP contribution in [0.25, 0.3) is 11.2 Å². The number of ether oxygens (including phenoxy) is 1. The van der Waals surface area contributed by atoms with Crippen LogP contribution < -0.4 is 11.2 Å². The summed E-state index contributed by atoms with van der Waals surface area (Å²) in [5.41, 5.74) is -0.419. The highest BCUT2D eigenvalue weighted by Gasteiger charge is 2.33. The van der Waals surface area contributed by atoms with Crippen molar-refractivity contribution in [2.45, 2.75) is 52.7 Å². The summed E-state index contributed by atoms with van der Waals surface area (Å²) in [7, 11) is 2.97. The average Bonchev–Trinajstić information content (AvgIpc) is 3.01. The van der Waals surface area contributed by atoms with E-state index in [1.165, 1.54) is 22.5 Å². The molecule has 2 aromatic heterocycles. The summed E-state index contributed by atoms with van der Waals surface area (Å²) < 4.78 is 9.60. The molecule has 1 fully saturated rings. The van der Waals surface area contributed by atoms with Crippen LogP contribution in [-0.2, 0) is 30.2 Å². The van der Waals surface area contributed by atoms with Crippen molar-refractivity contribution in [3.05, 3.63) is 27.2 Å². The molecule has 1 aliphatic rings. The lowest BCUT2D eigenvalue weighted by Crippen LogP contribution is -2.38. The maximum atomic E-state index is 12.6. The number of carbonyl (C=O) groups excluding carboxylic acids is 1.